The van der Waals surface area contributed by atoms with Crippen molar-refractivity contribution in [1.82, 2.24) is 5.32 Å². The topological polar surface area (TPSA) is 47.6 Å². The van der Waals surface area contributed by atoms with Crippen molar-refractivity contribution in [2.75, 3.05) is 7.05 Å². The van der Waals surface area contributed by atoms with Gasteiger partial charge in [-0.25, -0.2) is 4.39 Å². The van der Waals surface area contributed by atoms with Crippen LogP contribution in [0.5, 0.6) is 0 Å². The van der Waals surface area contributed by atoms with Crippen molar-refractivity contribution in [3.05, 3.63) is 29.6 Å². The Morgan fingerprint density at radius 3 is 2.33 bits per heavy atom. The van der Waals surface area contributed by atoms with Gasteiger partial charge >= 0.3 is 7.12 Å². The number of rotatable bonds is 3. The van der Waals surface area contributed by atoms with Crippen LogP contribution in [0.25, 0.3) is 0 Å². The molecule has 114 valence electrons. The number of hydrogen-bond donors (Lipinski definition) is 1. The fourth-order valence-electron chi connectivity index (χ4n) is 2.18. The fourth-order valence-corrected chi connectivity index (χ4v) is 2.18. The molecule has 0 bridgehead atoms. The zero-order chi connectivity index (χ0) is 15.8. The summed E-state index contributed by atoms with van der Waals surface area (Å²) in [5.74, 6) is -0.514. The Morgan fingerprint density at radius 1 is 1.24 bits per heavy atom. The first-order chi connectivity index (χ1) is 9.66. The van der Waals surface area contributed by atoms with E-state index >= 15 is 0 Å². The van der Waals surface area contributed by atoms with Crippen molar-refractivity contribution in [3.8, 4) is 0 Å². The second-order valence-electron chi connectivity index (χ2n) is 6.28. The number of hydrogen-bond acceptors (Lipinski definition) is 3. The maximum atomic E-state index is 13.6. The zero-order valence-corrected chi connectivity index (χ0v) is 13.1. The minimum Gasteiger partial charge on any atom is -0.399 e. The Balaban J connectivity index is 2.35. The van der Waals surface area contributed by atoms with E-state index in [0.717, 1.165) is 0 Å². The smallest absolute Gasteiger partial charge is 0.399 e. The number of halogens is 1. The predicted octanol–water partition coefficient (Wildman–Crippen LogP) is 1.41. The molecule has 6 heteroatoms. The molecule has 2 rings (SSSR count). The summed E-state index contributed by atoms with van der Waals surface area (Å²) in [6.07, 6.45) is 0.163. The van der Waals surface area contributed by atoms with Crippen LogP contribution in [0, 0.1) is 5.82 Å². The van der Waals surface area contributed by atoms with Crippen LogP contribution < -0.4 is 10.8 Å². The van der Waals surface area contributed by atoms with Crippen LogP contribution in [0.2, 0.25) is 0 Å². The predicted molar refractivity (Wildman–Crippen MR) is 79.9 cm³/mol. The molecule has 1 amide bonds. The minimum absolute atomic E-state index is 0.139. The van der Waals surface area contributed by atoms with Crippen molar-refractivity contribution in [1.29, 1.82) is 0 Å². The third kappa shape index (κ3) is 3.11. The van der Waals surface area contributed by atoms with E-state index in [1.807, 2.05) is 27.7 Å². The highest BCUT2D eigenvalue weighted by molar-refractivity contribution is 6.62. The molecule has 0 aromatic heterocycles. The van der Waals surface area contributed by atoms with Crippen molar-refractivity contribution in [2.24, 2.45) is 0 Å². The molecule has 1 aromatic rings. The van der Waals surface area contributed by atoms with E-state index in [0.29, 0.717) is 11.0 Å². The van der Waals surface area contributed by atoms with Gasteiger partial charge in [-0.1, -0.05) is 6.07 Å². The van der Waals surface area contributed by atoms with Gasteiger partial charge in [0.25, 0.3) is 0 Å². The van der Waals surface area contributed by atoms with Gasteiger partial charge < -0.3 is 14.6 Å². The van der Waals surface area contributed by atoms with Crippen molar-refractivity contribution in [3.63, 3.8) is 0 Å². The van der Waals surface area contributed by atoms with E-state index in [1.54, 1.807) is 13.1 Å². The van der Waals surface area contributed by atoms with Gasteiger partial charge in [0.2, 0.25) is 5.91 Å². The summed E-state index contributed by atoms with van der Waals surface area (Å²) >= 11 is 0. The summed E-state index contributed by atoms with van der Waals surface area (Å²) in [5.41, 5.74) is 0.259. The van der Waals surface area contributed by atoms with Gasteiger partial charge in [-0.05, 0) is 50.9 Å². The van der Waals surface area contributed by atoms with Crippen LogP contribution >= 0.6 is 0 Å². The van der Waals surface area contributed by atoms with Gasteiger partial charge in [-0.3, -0.25) is 4.79 Å². The second-order valence-corrected chi connectivity index (χ2v) is 6.28. The first-order valence-electron chi connectivity index (χ1n) is 7.01. The molecular weight excluding hydrogens is 272 g/mol. The standard InChI is InChI=1S/C15H21BFNO3/c1-14(2)15(3,4)21-16(20-14)12-9-11(17)7-6-10(12)8-13(19)18-5/h6-7,9H,8H2,1-5H3,(H,18,19). The molecule has 1 aliphatic rings. The largest absolute Gasteiger partial charge is 0.495 e. The van der Waals surface area contributed by atoms with E-state index in [-0.39, 0.29) is 18.1 Å². The third-order valence-electron chi connectivity index (χ3n) is 4.24. The van der Waals surface area contributed by atoms with Crippen molar-refractivity contribution in [2.45, 2.75) is 45.3 Å². The first-order valence-corrected chi connectivity index (χ1v) is 7.01. The van der Waals surface area contributed by atoms with Gasteiger partial charge in [0.1, 0.15) is 5.82 Å². The van der Waals surface area contributed by atoms with Crippen LogP contribution in [0.3, 0.4) is 0 Å². The third-order valence-corrected chi connectivity index (χ3v) is 4.24. The maximum absolute atomic E-state index is 13.6. The molecule has 1 N–H and O–H groups in total. The lowest BCUT2D eigenvalue weighted by atomic mass is 9.75. The highest BCUT2D eigenvalue weighted by atomic mass is 19.1. The van der Waals surface area contributed by atoms with Crippen molar-refractivity contribution < 1.29 is 18.5 Å². The lowest BCUT2D eigenvalue weighted by Gasteiger charge is -2.32. The Hall–Kier alpha value is -1.40. The van der Waals surface area contributed by atoms with Crippen LogP contribution in [-0.4, -0.2) is 31.3 Å². The number of benzene rings is 1. The molecule has 1 saturated heterocycles. The number of carbonyl (C=O) groups is 1. The Morgan fingerprint density at radius 2 is 1.81 bits per heavy atom. The first kappa shape index (κ1) is 16.0. The van der Waals surface area contributed by atoms with Crippen LogP contribution in [0.15, 0.2) is 18.2 Å². The monoisotopic (exact) mass is 293 g/mol. The quantitative estimate of drug-likeness (QED) is 0.857. The van der Waals surface area contributed by atoms with Crippen LogP contribution in [0.4, 0.5) is 4.39 Å². The summed E-state index contributed by atoms with van der Waals surface area (Å²) in [6.45, 7) is 7.74. The summed E-state index contributed by atoms with van der Waals surface area (Å²) in [5, 5.41) is 2.56. The van der Waals surface area contributed by atoms with E-state index in [4.69, 9.17) is 9.31 Å². The van der Waals surface area contributed by atoms with Gasteiger partial charge in [-0.2, -0.15) is 0 Å². The van der Waals surface area contributed by atoms with Gasteiger partial charge in [-0.15, -0.1) is 0 Å². The van der Waals surface area contributed by atoms with Crippen LogP contribution in [-0.2, 0) is 20.5 Å². The fraction of sp³-hybridized carbons (Fsp3) is 0.533. The second kappa shape index (κ2) is 5.42. The molecule has 0 saturated carbocycles. The summed E-state index contributed by atoms with van der Waals surface area (Å²) in [4.78, 5) is 11.6. The number of amides is 1. The number of likely N-dealkylation sites (N-methyl/N-ethyl adjacent to an activating group) is 1. The van der Waals surface area contributed by atoms with E-state index in [2.05, 4.69) is 5.32 Å². The Labute approximate surface area is 125 Å². The molecular formula is C15H21BFNO3. The minimum atomic E-state index is -0.676. The average Bonchev–Trinajstić information content (AvgIpc) is 2.60. The van der Waals surface area contributed by atoms with Crippen LogP contribution in [0.1, 0.15) is 33.3 Å². The molecule has 0 aliphatic carbocycles. The summed E-state index contributed by atoms with van der Waals surface area (Å²) in [6, 6.07) is 4.32. The molecule has 21 heavy (non-hydrogen) atoms. The molecule has 1 fully saturated rings. The van der Waals surface area contributed by atoms with E-state index in [9.17, 15) is 9.18 Å². The lowest BCUT2D eigenvalue weighted by Crippen LogP contribution is -2.41. The molecule has 0 spiro atoms. The highest BCUT2D eigenvalue weighted by Gasteiger charge is 2.52. The van der Waals surface area contributed by atoms with E-state index < -0.39 is 18.3 Å². The maximum Gasteiger partial charge on any atom is 0.495 e. The molecule has 1 aliphatic heterocycles. The van der Waals surface area contributed by atoms with Gasteiger partial charge in [0.05, 0.1) is 17.6 Å². The highest BCUT2D eigenvalue weighted by Crippen LogP contribution is 2.36. The molecule has 1 aromatic carbocycles. The molecule has 1 heterocycles. The molecule has 0 atom stereocenters. The summed E-state index contributed by atoms with van der Waals surface area (Å²) in [7, 11) is 0.894. The Kier molecular flexibility index (Phi) is 4.13. The van der Waals surface area contributed by atoms with Gasteiger partial charge in [0, 0.05) is 7.05 Å². The zero-order valence-electron chi connectivity index (χ0n) is 13.1. The Bertz CT molecular complexity index is 544. The number of carbonyl (C=O) groups excluding carboxylic acids is 1. The molecule has 0 radical (unpaired) electrons. The normalized spacial score (nSPS) is 19.6. The lowest BCUT2D eigenvalue weighted by molar-refractivity contribution is -0.119. The number of nitrogens with one attached hydrogen (secondary N) is 1. The van der Waals surface area contributed by atoms with Gasteiger partial charge in [0.15, 0.2) is 0 Å². The SMILES string of the molecule is CNC(=O)Cc1ccc(F)cc1B1OC(C)(C)C(C)(C)O1. The molecule has 4 nitrogen and oxygen atoms in total. The average molecular weight is 293 g/mol. The summed E-state index contributed by atoms with van der Waals surface area (Å²) < 4.78 is 25.5. The van der Waals surface area contributed by atoms with E-state index in [1.165, 1.54) is 12.1 Å². The van der Waals surface area contributed by atoms with Crippen molar-refractivity contribution >= 4 is 18.5 Å². The molecule has 0 unspecified atom stereocenters.